The number of hydrogen-bond donors (Lipinski definition) is 2. The molecule has 0 aliphatic heterocycles. The number of aryl methyl sites for hydroxylation is 3. The van der Waals surface area contributed by atoms with Crippen LogP contribution in [0.5, 0.6) is 0 Å². The summed E-state index contributed by atoms with van der Waals surface area (Å²) in [6.45, 7) is 5.78. The van der Waals surface area contributed by atoms with Gasteiger partial charge in [0.05, 0.1) is 10.5 Å². The van der Waals surface area contributed by atoms with Crippen molar-refractivity contribution in [2.45, 2.75) is 27.2 Å². The highest BCUT2D eigenvalue weighted by molar-refractivity contribution is 6.37. The average molecular weight is 252 g/mol. The van der Waals surface area contributed by atoms with Gasteiger partial charge in [0.1, 0.15) is 5.69 Å². The first-order chi connectivity index (χ1) is 7.97. The lowest BCUT2D eigenvalue weighted by Gasteiger charge is -2.06. The van der Waals surface area contributed by atoms with Crippen LogP contribution in [0.15, 0.2) is 6.07 Å². The van der Waals surface area contributed by atoms with Crippen molar-refractivity contribution >= 4 is 28.5 Å². The van der Waals surface area contributed by atoms with Gasteiger partial charge in [-0.2, -0.15) is 0 Å². The fourth-order valence-electron chi connectivity index (χ4n) is 2.19. The summed E-state index contributed by atoms with van der Waals surface area (Å²) in [5.41, 5.74) is 3.82. The number of fused-ring (bicyclic) bond motifs is 1. The Bertz CT molecular complexity index is 614. The van der Waals surface area contributed by atoms with Crippen LogP contribution >= 0.6 is 11.6 Å². The summed E-state index contributed by atoms with van der Waals surface area (Å²) in [6, 6.07) is 2.01. The van der Waals surface area contributed by atoms with Gasteiger partial charge < -0.3 is 10.1 Å². The molecule has 0 saturated heterocycles. The first-order valence-corrected chi connectivity index (χ1v) is 5.88. The SMILES string of the molecule is CCc1cc(C)c2[nH]c(C(=O)O)c(C)c2c1Cl. The second-order valence-electron chi connectivity index (χ2n) is 4.20. The van der Waals surface area contributed by atoms with Gasteiger partial charge in [-0.15, -0.1) is 0 Å². The summed E-state index contributed by atoms with van der Waals surface area (Å²) in [6.07, 6.45) is 0.836. The minimum Gasteiger partial charge on any atom is -0.477 e. The maximum atomic E-state index is 11.1. The van der Waals surface area contributed by atoms with Crippen LogP contribution in [-0.2, 0) is 6.42 Å². The molecule has 2 N–H and O–H groups in total. The van der Waals surface area contributed by atoms with Gasteiger partial charge >= 0.3 is 5.97 Å². The van der Waals surface area contributed by atoms with Gasteiger partial charge in [-0.25, -0.2) is 4.79 Å². The van der Waals surface area contributed by atoms with E-state index in [9.17, 15) is 4.79 Å². The number of aromatic carboxylic acids is 1. The Morgan fingerprint density at radius 3 is 2.65 bits per heavy atom. The topological polar surface area (TPSA) is 53.1 Å². The van der Waals surface area contributed by atoms with Crippen molar-refractivity contribution < 1.29 is 9.90 Å². The monoisotopic (exact) mass is 251 g/mol. The van der Waals surface area contributed by atoms with Crippen LogP contribution in [0.4, 0.5) is 0 Å². The highest BCUT2D eigenvalue weighted by Crippen LogP contribution is 2.34. The largest absolute Gasteiger partial charge is 0.477 e. The van der Waals surface area contributed by atoms with Crippen LogP contribution in [0.1, 0.15) is 34.1 Å². The van der Waals surface area contributed by atoms with Crippen LogP contribution in [-0.4, -0.2) is 16.1 Å². The molecule has 1 heterocycles. The van der Waals surface area contributed by atoms with E-state index in [-0.39, 0.29) is 5.69 Å². The number of nitrogens with one attached hydrogen (secondary N) is 1. The third kappa shape index (κ3) is 1.71. The number of aromatic amines is 1. The Morgan fingerprint density at radius 1 is 1.47 bits per heavy atom. The zero-order valence-corrected chi connectivity index (χ0v) is 10.8. The highest BCUT2D eigenvalue weighted by atomic mass is 35.5. The molecule has 0 atom stereocenters. The molecule has 2 rings (SSSR count). The van der Waals surface area contributed by atoms with E-state index in [0.29, 0.717) is 10.6 Å². The fraction of sp³-hybridized carbons (Fsp3) is 0.308. The van der Waals surface area contributed by atoms with Crippen molar-refractivity contribution in [1.29, 1.82) is 0 Å². The van der Waals surface area contributed by atoms with E-state index in [0.717, 1.165) is 28.5 Å². The molecule has 1 aromatic heterocycles. The van der Waals surface area contributed by atoms with Gasteiger partial charge in [0.15, 0.2) is 0 Å². The standard InChI is InChI=1S/C13H14ClNO2/c1-4-8-5-6(2)11-9(10(8)14)7(3)12(15-11)13(16)17/h5,15H,4H2,1-3H3,(H,16,17). The molecule has 3 nitrogen and oxygen atoms in total. The molecule has 0 bridgehead atoms. The Hall–Kier alpha value is -1.48. The summed E-state index contributed by atoms with van der Waals surface area (Å²) in [5, 5.41) is 10.6. The number of halogens is 1. The summed E-state index contributed by atoms with van der Waals surface area (Å²) >= 11 is 6.32. The third-order valence-electron chi connectivity index (χ3n) is 3.13. The van der Waals surface area contributed by atoms with E-state index in [4.69, 9.17) is 16.7 Å². The van der Waals surface area contributed by atoms with E-state index < -0.39 is 5.97 Å². The van der Waals surface area contributed by atoms with Gasteiger partial charge in [-0.3, -0.25) is 0 Å². The van der Waals surface area contributed by atoms with E-state index >= 15 is 0 Å². The summed E-state index contributed by atoms with van der Waals surface area (Å²) in [4.78, 5) is 14.0. The number of carboxylic acid groups (broad SMARTS) is 1. The average Bonchev–Trinajstić information content (AvgIpc) is 2.62. The molecular weight excluding hydrogens is 238 g/mol. The normalized spacial score (nSPS) is 11.1. The molecule has 0 amide bonds. The fourth-order valence-corrected chi connectivity index (χ4v) is 2.62. The Kier molecular flexibility index (Phi) is 2.87. The summed E-state index contributed by atoms with van der Waals surface area (Å²) in [7, 11) is 0. The maximum Gasteiger partial charge on any atom is 0.352 e. The minimum atomic E-state index is -0.952. The Morgan fingerprint density at radius 2 is 2.12 bits per heavy atom. The molecule has 0 unspecified atom stereocenters. The first-order valence-electron chi connectivity index (χ1n) is 5.50. The number of carbonyl (C=O) groups is 1. The zero-order chi connectivity index (χ0) is 12.7. The Balaban J connectivity index is 2.92. The molecular formula is C13H14ClNO2. The van der Waals surface area contributed by atoms with Crippen LogP contribution in [0, 0.1) is 13.8 Å². The Labute approximate surface area is 104 Å². The number of hydrogen-bond acceptors (Lipinski definition) is 1. The van der Waals surface area contributed by atoms with Gasteiger partial charge in [0.2, 0.25) is 0 Å². The summed E-state index contributed by atoms with van der Waals surface area (Å²) < 4.78 is 0. The van der Waals surface area contributed by atoms with E-state index in [1.165, 1.54) is 0 Å². The molecule has 0 aliphatic rings. The molecule has 0 radical (unpaired) electrons. The van der Waals surface area contributed by atoms with Crippen molar-refractivity contribution in [1.82, 2.24) is 4.98 Å². The maximum absolute atomic E-state index is 11.1. The quantitative estimate of drug-likeness (QED) is 0.855. The minimum absolute atomic E-state index is 0.221. The van der Waals surface area contributed by atoms with Crippen molar-refractivity contribution in [2.75, 3.05) is 0 Å². The number of benzene rings is 1. The number of rotatable bonds is 2. The van der Waals surface area contributed by atoms with Gasteiger partial charge in [0.25, 0.3) is 0 Å². The zero-order valence-electron chi connectivity index (χ0n) is 10.0. The molecule has 2 aromatic rings. The highest BCUT2D eigenvalue weighted by Gasteiger charge is 2.18. The van der Waals surface area contributed by atoms with Crippen molar-refractivity contribution in [3.8, 4) is 0 Å². The summed E-state index contributed by atoms with van der Waals surface area (Å²) in [5.74, 6) is -0.952. The molecule has 0 spiro atoms. The smallest absolute Gasteiger partial charge is 0.352 e. The number of H-pyrrole nitrogens is 1. The molecule has 1 aromatic carbocycles. The predicted molar refractivity (Wildman–Crippen MR) is 69.1 cm³/mol. The van der Waals surface area contributed by atoms with Crippen molar-refractivity contribution in [3.05, 3.63) is 33.5 Å². The first kappa shape index (κ1) is 12.0. The molecule has 90 valence electrons. The number of aromatic nitrogens is 1. The lowest BCUT2D eigenvalue weighted by molar-refractivity contribution is 0.0691. The lowest BCUT2D eigenvalue weighted by Crippen LogP contribution is -1.98. The van der Waals surface area contributed by atoms with Gasteiger partial charge in [-0.05, 0) is 37.0 Å². The van der Waals surface area contributed by atoms with Crippen LogP contribution in [0.2, 0.25) is 5.02 Å². The second kappa shape index (κ2) is 4.08. The van der Waals surface area contributed by atoms with E-state index in [1.54, 1.807) is 6.92 Å². The van der Waals surface area contributed by atoms with E-state index in [1.807, 2.05) is 19.9 Å². The predicted octanol–water partition coefficient (Wildman–Crippen LogP) is 3.70. The lowest BCUT2D eigenvalue weighted by atomic mass is 10.0. The molecule has 4 heteroatoms. The molecule has 0 aliphatic carbocycles. The van der Waals surface area contributed by atoms with Crippen molar-refractivity contribution in [2.24, 2.45) is 0 Å². The number of carboxylic acids is 1. The van der Waals surface area contributed by atoms with Crippen LogP contribution in [0.3, 0.4) is 0 Å². The van der Waals surface area contributed by atoms with Crippen molar-refractivity contribution in [3.63, 3.8) is 0 Å². The molecule has 0 fully saturated rings. The molecule has 17 heavy (non-hydrogen) atoms. The van der Waals surface area contributed by atoms with Crippen LogP contribution in [0.25, 0.3) is 10.9 Å². The molecule has 0 saturated carbocycles. The third-order valence-corrected chi connectivity index (χ3v) is 3.56. The van der Waals surface area contributed by atoms with Gasteiger partial charge in [-0.1, -0.05) is 24.6 Å². The van der Waals surface area contributed by atoms with Crippen LogP contribution < -0.4 is 0 Å². The van der Waals surface area contributed by atoms with Gasteiger partial charge in [0, 0.05) is 5.39 Å². The van der Waals surface area contributed by atoms with E-state index in [2.05, 4.69) is 4.98 Å². The second-order valence-corrected chi connectivity index (χ2v) is 4.58.